The summed E-state index contributed by atoms with van der Waals surface area (Å²) < 4.78 is 0. The number of carbonyl (C=O) groups excluding carboxylic acids is 13. The van der Waals surface area contributed by atoms with Gasteiger partial charge in [0.05, 0.1) is 31.0 Å². The number of nitrogens with zero attached hydrogens (tertiary/aromatic N) is 4. The number of aliphatic hydroxyl groups is 2. The predicted molar refractivity (Wildman–Crippen MR) is 419 cm³/mol. The number of hydrogen-bond acceptors (Lipinski definition) is 21. The van der Waals surface area contributed by atoms with Crippen molar-refractivity contribution in [2.45, 2.75) is 243 Å². The third-order valence-corrected chi connectivity index (χ3v) is 19.5. The van der Waals surface area contributed by atoms with E-state index < -0.39 is 198 Å². The molecule has 2 aliphatic rings. The number of imidazole rings is 1. The second-order valence-corrected chi connectivity index (χ2v) is 29.5. The molecular formula is C76H118N20O19. The zero-order valence-electron chi connectivity index (χ0n) is 66.6. The first-order valence-electron chi connectivity index (χ1n) is 38.6. The molecule has 16 atom stereocenters. The van der Waals surface area contributed by atoms with Crippen molar-refractivity contribution >= 4 is 94.7 Å². The molecular weight excluding hydrogens is 1500 g/mol. The summed E-state index contributed by atoms with van der Waals surface area (Å²) in [6.07, 6.45) is -0.0224. The highest BCUT2D eigenvalue weighted by Crippen LogP contribution is 2.23. The van der Waals surface area contributed by atoms with Crippen molar-refractivity contribution in [1.82, 2.24) is 72.9 Å². The maximum Gasteiger partial charge on any atom is 0.326 e. The first-order chi connectivity index (χ1) is 54.3. The second-order valence-electron chi connectivity index (χ2n) is 29.5. The molecule has 0 aliphatic carbocycles. The molecule has 3 aromatic rings. The van der Waals surface area contributed by atoms with Crippen LogP contribution < -0.4 is 81.8 Å². The minimum atomic E-state index is -1.81. The number of guanidine groups is 1. The number of rotatable bonds is 45. The van der Waals surface area contributed by atoms with Gasteiger partial charge in [0, 0.05) is 57.7 Å². The molecule has 0 radical (unpaired) electrons. The summed E-state index contributed by atoms with van der Waals surface area (Å²) in [4.78, 5) is 219. The van der Waals surface area contributed by atoms with E-state index in [1.165, 1.54) is 26.4 Å². The lowest BCUT2D eigenvalue weighted by molar-refractivity contribution is -0.151. The van der Waals surface area contributed by atoms with Crippen molar-refractivity contribution in [2.75, 3.05) is 26.2 Å². The SMILES string of the molecule is CC(=O)O.CCC(C)C(NC(=O)C(CC(N)=O)NC(=O)C(CCCCN)NC(=O)C(Cc1ccccc1)NC(=O)C(Cc1ccccc1)NC(=O)C(Cc1cnc[nH]1)NC(=O)C(N)C(C)C)C(=O)NC(C(=O)NC(C(=O)N1CCCC1C(=O)NC(CCCN=C(N)N)C(=O)NC(C(=O)N1CCCC1C(=O)O)C(C)O)C(C)O)C(C)C. The molecule has 39 nitrogen and oxygen atoms in total. The Labute approximate surface area is 667 Å². The number of likely N-dealkylation sites (tertiary alicyclic amines) is 2. The number of nitrogens with two attached hydrogens (primary N) is 5. The number of H-pyrrole nitrogens is 1. The number of aromatic amines is 1. The zero-order valence-corrected chi connectivity index (χ0v) is 66.6. The number of hydrogen-bond donors (Lipinski definition) is 20. The Morgan fingerprint density at radius 3 is 1.40 bits per heavy atom. The average molecular weight is 1620 g/mol. The fourth-order valence-electron chi connectivity index (χ4n) is 12.8. The lowest BCUT2D eigenvalue weighted by Crippen LogP contribution is -2.63. The molecule has 25 N–H and O–H groups in total. The quantitative estimate of drug-likeness (QED) is 0.0145. The molecule has 0 bridgehead atoms. The fourth-order valence-corrected chi connectivity index (χ4v) is 12.8. The van der Waals surface area contributed by atoms with Crippen molar-refractivity contribution in [3.8, 4) is 0 Å². The molecule has 5 rings (SSSR count). The van der Waals surface area contributed by atoms with Crippen molar-refractivity contribution in [3.63, 3.8) is 0 Å². The van der Waals surface area contributed by atoms with Gasteiger partial charge in [0.1, 0.15) is 72.5 Å². The number of benzene rings is 2. The number of aromatic nitrogens is 2. The zero-order chi connectivity index (χ0) is 85.9. The Morgan fingerprint density at radius 1 is 0.522 bits per heavy atom. The van der Waals surface area contributed by atoms with Gasteiger partial charge in [0.2, 0.25) is 76.8 Å². The minimum absolute atomic E-state index is 0.00455. The van der Waals surface area contributed by atoms with Crippen LogP contribution in [0.4, 0.5) is 0 Å². The predicted octanol–water partition coefficient (Wildman–Crippen LogP) is -4.05. The highest BCUT2D eigenvalue weighted by atomic mass is 16.4. The summed E-state index contributed by atoms with van der Waals surface area (Å²) in [5.41, 5.74) is 30.4. The first kappa shape index (κ1) is 96.2. The van der Waals surface area contributed by atoms with Crippen LogP contribution >= 0.6 is 0 Å². The van der Waals surface area contributed by atoms with Crippen molar-refractivity contribution in [3.05, 3.63) is 90.0 Å². The highest BCUT2D eigenvalue weighted by Gasteiger charge is 2.45. The molecule has 1 aromatic heterocycles. The van der Waals surface area contributed by atoms with E-state index in [4.69, 9.17) is 38.6 Å². The molecule has 3 heterocycles. The summed E-state index contributed by atoms with van der Waals surface area (Å²) in [5, 5.41) is 65.4. The minimum Gasteiger partial charge on any atom is -0.481 e. The van der Waals surface area contributed by atoms with E-state index in [-0.39, 0.29) is 109 Å². The number of nitrogens with one attached hydrogen (secondary N) is 11. The van der Waals surface area contributed by atoms with E-state index in [0.29, 0.717) is 29.7 Å². The number of carboxylic acids is 2. The number of amides is 13. The van der Waals surface area contributed by atoms with Crippen LogP contribution in [-0.4, -0.2) is 252 Å². The molecule has 636 valence electrons. The summed E-state index contributed by atoms with van der Waals surface area (Å²) in [6, 6.07) is -1.53. The van der Waals surface area contributed by atoms with E-state index in [2.05, 4.69) is 68.1 Å². The monoisotopic (exact) mass is 1610 g/mol. The summed E-state index contributed by atoms with van der Waals surface area (Å²) >= 11 is 0. The molecule has 2 fully saturated rings. The van der Waals surface area contributed by atoms with Crippen molar-refractivity contribution in [1.29, 1.82) is 0 Å². The fraction of sp³-hybridized carbons (Fsp3) is 0.592. The molecule has 2 saturated heterocycles. The number of aliphatic carboxylic acids is 2. The van der Waals surface area contributed by atoms with Gasteiger partial charge in [0.25, 0.3) is 5.97 Å². The van der Waals surface area contributed by atoms with Crippen LogP contribution in [0.5, 0.6) is 0 Å². The topological polar surface area (TPSA) is 635 Å². The summed E-state index contributed by atoms with van der Waals surface area (Å²) in [5.74, 6) is -16.0. The van der Waals surface area contributed by atoms with E-state index in [0.717, 1.165) is 16.7 Å². The number of aliphatic hydroxyl groups excluding tert-OH is 2. The number of carboxylic acid groups (broad SMARTS) is 2. The smallest absolute Gasteiger partial charge is 0.326 e. The number of aliphatic imine (C=N–C) groups is 1. The number of carbonyl (C=O) groups is 15. The molecule has 39 heteroatoms. The van der Waals surface area contributed by atoms with Gasteiger partial charge in [-0.05, 0) is 107 Å². The Morgan fingerprint density at radius 2 is 0.939 bits per heavy atom. The van der Waals surface area contributed by atoms with Gasteiger partial charge in [-0.15, -0.1) is 0 Å². The van der Waals surface area contributed by atoms with Gasteiger partial charge < -0.3 is 117 Å². The van der Waals surface area contributed by atoms with Crippen LogP contribution in [-0.2, 0) is 91.2 Å². The van der Waals surface area contributed by atoms with Crippen LogP contribution in [0.25, 0.3) is 0 Å². The molecule has 115 heavy (non-hydrogen) atoms. The molecule has 16 unspecified atom stereocenters. The third kappa shape index (κ3) is 31.6. The van der Waals surface area contributed by atoms with Crippen LogP contribution in [0.3, 0.4) is 0 Å². The van der Waals surface area contributed by atoms with Gasteiger partial charge in [-0.3, -0.25) is 72.1 Å². The Balaban J connectivity index is 0.00000679. The van der Waals surface area contributed by atoms with Crippen LogP contribution in [0, 0.1) is 17.8 Å². The van der Waals surface area contributed by atoms with Crippen LogP contribution in [0.1, 0.15) is 150 Å². The Kier molecular flexibility index (Phi) is 40.2. The van der Waals surface area contributed by atoms with E-state index in [9.17, 15) is 82.4 Å². The normalized spacial score (nSPS) is 17.5. The van der Waals surface area contributed by atoms with Crippen LogP contribution in [0.15, 0.2) is 78.2 Å². The standard InChI is InChI=1S/C74H114N20O17.C2H4O2/c1-9-41(6)58(70(107)89-57(40(4)5)69(106)92-60(43(8)96)71(108)93-31-19-27-53(93)67(104)84-48(26-18-30-81-74(78)79)62(99)91-59(42(7)95)72(109)94-32-20-28-54(94)73(110)111)90-66(103)52(36-55(76)97)87-61(98)47(25-16-17-29-75)83-63(100)49(33-44-21-12-10-13-22-44)85-64(101)50(34-45-23-14-11-15-24-45)86-65(102)51(35-46-37-80-38-82-46)88-68(105)56(77)39(2)3;1-2(3)4/h10-15,21-24,37-43,47-54,56-60,95-96H,9,16-20,25-36,75,77H2,1-8H3,(H2,76,97)(H,80,82)(H,83,100)(H,84,104)(H,85,101)(H,86,102)(H,87,98)(H,88,105)(H,89,107)(H,90,103)(H,91,99)(H,92,106)(H,110,111)(H4,78,79,81);1H3,(H,3,4). The lowest BCUT2D eigenvalue weighted by Gasteiger charge is -2.33. The molecule has 2 aromatic carbocycles. The van der Waals surface area contributed by atoms with Gasteiger partial charge in [-0.25, -0.2) is 9.78 Å². The molecule has 0 spiro atoms. The Hall–Kier alpha value is -11.2. The van der Waals surface area contributed by atoms with Crippen molar-refractivity contribution in [2.24, 2.45) is 51.4 Å². The molecule has 0 saturated carbocycles. The summed E-state index contributed by atoms with van der Waals surface area (Å²) in [6.45, 7) is 13.5. The Bertz CT molecular complexity index is 3770. The first-order valence-corrected chi connectivity index (χ1v) is 38.6. The number of unbranched alkanes of at least 4 members (excludes halogenated alkanes) is 1. The van der Waals surface area contributed by atoms with E-state index >= 15 is 0 Å². The van der Waals surface area contributed by atoms with Gasteiger partial charge in [0.15, 0.2) is 5.96 Å². The second kappa shape index (κ2) is 48.1. The maximum absolute atomic E-state index is 14.9. The molecule has 2 aliphatic heterocycles. The number of primary amides is 1. The maximum atomic E-state index is 14.9. The molecule has 13 amide bonds. The van der Waals surface area contributed by atoms with Gasteiger partial charge in [-0.2, -0.15) is 0 Å². The van der Waals surface area contributed by atoms with Crippen LogP contribution in [0.2, 0.25) is 0 Å². The average Bonchev–Trinajstić information content (AvgIpc) is 1.70. The van der Waals surface area contributed by atoms with Crippen molar-refractivity contribution < 1.29 is 92.3 Å². The summed E-state index contributed by atoms with van der Waals surface area (Å²) in [7, 11) is 0. The van der Waals surface area contributed by atoms with E-state index in [1.54, 1.807) is 102 Å². The van der Waals surface area contributed by atoms with E-state index in [1.807, 2.05) is 0 Å². The lowest BCUT2D eigenvalue weighted by atomic mass is 9.95. The largest absolute Gasteiger partial charge is 0.481 e. The highest BCUT2D eigenvalue weighted by molar-refractivity contribution is 6.01. The third-order valence-electron chi connectivity index (χ3n) is 19.5. The van der Waals surface area contributed by atoms with Gasteiger partial charge in [-0.1, -0.05) is 109 Å². The van der Waals surface area contributed by atoms with Gasteiger partial charge >= 0.3 is 5.97 Å².